The number of hydrogen-bond acceptors (Lipinski definition) is 6. The standard InChI is InChI=1S/C14H11N5O2/c1-9-6-7-19(17-9)10-2-3-11(13(20)8-10)12-4-5-14(18-21)16-15-12/h2-8,20H,1H3. The number of nitroso groups, excluding NO2 is 1. The van der Waals surface area contributed by atoms with E-state index in [9.17, 15) is 10.0 Å². The van der Waals surface area contributed by atoms with Crippen molar-refractivity contribution in [3.63, 3.8) is 0 Å². The fourth-order valence-electron chi connectivity index (χ4n) is 1.96. The summed E-state index contributed by atoms with van der Waals surface area (Å²) in [4.78, 5) is 10.3. The number of nitrogens with zero attached hydrogens (tertiary/aromatic N) is 5. The van der Waals surface area contributed by atoms with Crippen molar-refractivity contribution in [3.05, 3.63) is 53.2 Å². The molecule has 0 bridgehead atoms. The highest BCUT2D eigenvalue weighted by Crippen LogP contribution is 2.29. The fourth-order valence-corrected chi connectivity index (χ4v) is 1.96. The average Bonchev–Trinajstić information content (AvgIpc) is 2.94. The summed E-state index contributed by atoms with van der Waals surface area (Å²) in [7, 11) is 0. The van der Waals surface area contributed by atoms with Gasteiger partial charge in [0.15, 0.2) is 0 Å². The number of benzene rings is 1. The number of phenolic OH excluding ortho intramolecular Hbond substituents is 1. The maximum absolute atomic E-state index is 10.3. The molecule has 104 valence electrons. The van der Waals surface area contributed by atoms with Crippen LogP contribution in [0.5, 0.6) is 5.75 Å². The molecule has 21 heavy (non-hydrogen) atoms. The lowest BCUT2D eigenvalue weighted by Crippen LogP contribution is -1.95. The largest absolute Gasteiger partial charge is 0.507 e. The van der Waals surface area contributed by atoms with E-state index in [0.717, 1.165) is 11.4 Å². The van der Waals surface area contributed by atoms with Gasteiger partial charge in [0, 0.05) is 17.8 Å². The van der Waals surface area contributed by atoms with Gasteiger partial charge in [-0.05, 0) is 42.4 Å². The van der Waals surface area contributed by atoms with E-state index in [0.29, 0.717) is 11.3 Å². The van der Waals surface area contributed by atoms with E-state index in [1.807, 2.05) is 25.3 Å². The van der Waals surface area contributed by atoms with Crippen LogP contribution in [-0.4, -0.2) is 25.1 Å². The third kappa shape index (κ3) is 2.48. The van der Waals surface area contributed by atoms with Gasteiger partial charge in [-0.25, -0.2) is 4.68 Å². The molecule has 1 aromatic carbocycles. The molecule has 2 aromatic heterocycles. The van der Waals surface area contributed by atoms with E-state index in [-0.39, 0.29) is 11.6 Å². The summed E-state index contributed by atoms with van der Waals surface area (Å²) in [6.07, 6.45) is 1.81. The minimum Gasteiger partial charge on any atom is -0.507 e. The zero-order valence-electron chi connectivity index (χ0n) is 11.1. The van der Waals surface area contributed by atoms with Crippen LogP contribution in [0.25, 0.3) is 16.9 Å². The van der Waals surface area contributed by atoms with Crippen molar-refractivity contribution in [1.82, 2.24) is 20.0 Å². The Morgan fingerprint density at radius 3 is 2.57 bits per heavy atom. The normalized spacial score (nSPS) is 10.5. The minimum atomic E-state index is 0.00174. The van der Waals surface area contributed by atoms with E-state index in [4.69, 9.17) is 0 Å². The van der Waals surface area contributed by atoms with E-state index in [1.165, 1.54) is 6.07 Å². The van der Waals surface area contributed by atoms with Crippen LogP contribution in [0.4, 0.5) is 5.82 Å². The predicted octanol–water partition coefficient (Wildman–Crippen LogP) is 2.74. The lowest BCUT2D eigenvalue weighted by molar-refractivity contribution is 0.476. The smallest absolute Gasteiger partial charge is 0.218 e. The van der Waals surface area contributed by atoms with Crippen molar-refractivity contribution >= 4 is 5.82 Å². The summed E-state index contributed by atoms with van der Waals surface area (Å²) in [6, 6.07) is 10.0. The third-order valence-electron chi connectivity index (χ3n) is 2.99. The quantitative estimate of drug-likeness (QED) is 0.745. The summed E-state index contributed by atoms with van der Waals surface area (Å²) in [6.45, 7) is 1.89. The van der Waals surface area contributed by atoms with E-state index >= 15 is 0 Å². The zero-order chi connectivity index (χ0) is 14.8. The number of aryl methyl sites for hydroxylation is 1. The molecule has 0 amide bonds. The van der Waals surface area contributed by atoms with Crippen molar-refractivity contribution in [1.29, 1.82) is 0 Å². The van der Waals surface area contributed by atoms with Crippen LogP contribution in [0, 0.1) is 11.8 Å². The van der Waals surface area contributed by atoms with Crippen molar-refractivity contribution in [2.45, 2.75) is 6.92 Å². The minimum absolute atomic E-state index is 0.00174. The second-order valence-electron chi connectivity index (χ2n) is 4.47. The van der Waals surface area contributed by atoms with E-state index in [1.54, 1.807) is 22.9 Å². The Balaban J connectivity index is 1.99. The summed E-state index contributed by atoms with van der Waals surface area (Å²) >= 11 is 0. The van der Waals surface area contributed by atoms with Crippen molar-refractivity contribution < 1.29 is 5.11 Å². The number of phenols is 1. The molecule has 0 aliphatic heterocycles. The molecular formula is C14H11N5O2. The SMILES string of the molecule is Cc1ccn(-c2ccc(-c3ccc(N=O)nn3)c(O)c2)n1. The molecule has 0 radical (unpaired) electrons. The first kappa shape index (κ1) is 12.9. The average molecular weight is 281 g/mol. The molecule has 0 spiro atoms. The lowest BCUT2D eigenvalue weighted by Gasteiger charge is -2.06. The molecule has 0 fully saturated rings. The van der Waals surface area contributed by atoms with Crippen LogP contribution in [0.15, 0.2) is 47.8 Å². The predicted molar refractivity (Wildman–Crippen MR) is 76.4 cm³/mol. The van der Waals surface area contributed by atoms with E-state index in [2.05, 4.69) is 20.5 Å². The Labute approximate surface area is 119 Å². The summed E-state index contributed by atoms with van der Waals surface area (Å²) in [5, 5.41) is 24.6. The van der Waals surface area contributed by atoms with Gasteiger partial charge < -0.3 is 5.11 Å². The van der Waals surface area contributed by atoms with Crippen LogP contribution < -0.4 is 0 Å². The molecule has 0 saturated heterocycles. The fraction of sp³-hybridized carbons (Fsp3) is 0.0714. The van der Waals surface area contributed by atoms with Gasteiger partial charge in [0.25, 0.3) is 0 Å². The van der Waals surface area contributed by atoms with Crippen molar-refractivity contribution in [2.24, 2.45) is 5.18 Å². The molecule has 3 rings (SSSR count). The molecule has 1 N–H and O–H groups in total. The number of hydrogen-bond donors (Lipinski definition) is 1. The Hall–Kier alpha value is -3.09. The monoisotopic (exact) mass is 281 g/mol. The molecule has 2 heterocycles. The van der Waals surface area contributed by atoms with E-state index < -0.39 is 0 Å². The molecular weight excluding hydrogens is 270 g/mol. The molecule has 0 aliphatic carbocycles. The maximum atomic E-state index is 10.3. The highest BCUT2D eigenvalue weighted by atomic mass is 16.3. The Bertz CT molecular complexity index is 795. The molecule has 3 aromatic rings. The maximum Gasteiger partial charge on any atom is 0.218 e. The first-order valence-electron chi connectivity index (χ1n) is 6.20. The second-order valence-corrected chi connectivity index (χ2v) is 4.47. The highest BCUT2D eigenvalue weighted by molar-refractivity contribution is 5.68. The Morgan fingerprint density at radius 1 is 1.14 bits per heavy atom. The number of aromatic hydroxyl groups is 1. The van der Waals surface area contributed by atoms with Crippen LogP contribution in [0.3, 0.4) is 0 Å². The Kier molecular flexibility index (Phi) is 3.15. The first-order chi connectivity index (χ1) is 10.2. The van der Waals surface area contributed by atoms with Gasteiger partial charge in [0.2, 0.25) is 5.82 Å². The number of rotatable bonds is 3. The van der Waals surface area contributed by atoms with Crippen LogP contribution in [-0.2, 0) is 0 Å². The Morgan fingerprint density at radius 2 is 2.00 bits per heavy atom. The van der Waals surface area contributed by atoms with Gasteiger partial charge >= 0.3 is 0 Å². The van der Waals surface area contributed by atoms with Gasteiger partial charge in [-0.15, -0.1) is 15.1 Å². The zero-order valence-corrected chi connectivity index (χ0v) is 11.1. The van der Waals surface area contributed by atoms with Gasteiger partial charge in [0.1, 0.15) is 5.75 Å². The van der Waals surface area contributed by atoms with Gasteiger partial charge in [-0.1, -0.05) is 0 Å². The molecule has 7 heteroatoms. The van der Waals surface area contributed by atoms with Crippen molar-refractivity contribution in [3.8, 4) is 22.7 Å². The molecule has 0 aliphatic rings. The van der Waals surface area contributed by atoms with Crippen LogP contribution in [0.2, 0.25) is 0 Å². The first-order valence-corrected chi connectivity index (χ1v) is 6.20. The molecule has 0 unspecified atom stereocenters. The van der Waals surface area contributed by atoms with Crippen LogP contribution >= 0.6 is 0 Å². The molecule has 7 nitrogen and oxygen atoms in total. The summed E-state index contributed by atoms with van der Waals surface area (Å²) < 4.78 is 1.67. The van der Waals surface area contributed by atoms with Gasteiger partial charge in [0.05, 0.1) is 17.1 Å². The summed E-state index contributed by atoms with van der Waals surface area (Å²) in [5.74, 6) is 0.0589. The second kappa shape index (κ2) is 5.12. The number of aromatic nitrogens is 4. The highest BCUT2D eigenvalue weighted by Gasteiger charge is 2.09. The van der Waals surface area contributed by atoms with Gasteiger partial charge in [-0.3, -0.25) is 0 Å². The third-order valence-corrected chi connectivity index (χ3v) is 2.99. The topological polar surface area (TPSA) is 93.3 Å². The van der Waals surface area contributed by atoms with Crippen molar-refractivity contribution in [2.75, 3.05) is 0 Å². The summed E-state index contributed by atoms with van der Waals surface area (Å²) in [5.41, 5.74) is 2.61. The van der Waals surface area contributed by atoms with Crippen LogP contribution in [0.1, 0.15) is 5.69 Å². The molecule has 0 atom stereocenters. The van der Waals surface area contributed by atoms with Gasteiger partial charge in [-0.2, -0.15) is 5.10 Å². The molecule has 0 saturated carbocycles. The lowest BCUT2D eigenvalue weighted by atomic mass is 10.1.